The van der Waals surface area contributed by atoms with Gasteiger partial charge in [-0.1, -0.05) is 25.0 Å². The molecule has 0 aliphatic heterocycles. The number of carbonyl (C=O) groups excluding carboxylic acids is 1. The van der Waals surface area contributed by atoms with Gasteiger partial charge in [-0.05, 0) is 25.0 Å². The lowest BCUT2D eigenvalue weighted by molar-refractivity contribution is -0.115. The highest BCUT2D eigenvalue weighted by molar-refractivity contribution is 5.95. The quantitative estimate of drug-likeness (QED) is 0.683. The summed E-state index contributed by atoms with van der Waals surface area (Å²) in [5.41, 5.74) is 1.98. The van der Waals surface area contributed by atoms with Gasteiger partial charge in [0.2, 0.25) is 5.91 Å². The van der Waals surface area contributed by atoms with Gasteiger partial charge >= 0.3 is 0 Å². The van der Waals surface area contributed by atoms with E-state index in [0.717, 1.165) is 11.4 Å². The smallest absolute Gasteiger partial charge is 0.238 e. The molecule has 0 spiro atoms. The van der Waals surface area contributed by atoms with E-state index in [1.54, 1.807) is 7.11 Å². The largest absolute Gasteiger partial charge is 0.383 e. The van der Waals surface area contributed by atoms with Crippen LogP contribution in [0.1, 0.15) is 25.7 Å². The highest BCUT2D eigenvalue weighted by atomic mass is 35.5. The zero-order valence-electron chi connectivity index (χ0n) is 14.4. The van der Waals surface area contributed by atoms with Gasteiger partial charge in [-0.3, -0.25) is 4.79 Å². The summed E-state index contributed by atoms with van der Waals surface area (Å²) in [6, 6.07) is 8.60. The van der Waals surface area contributed by atoms with Gasteiger partial charge in [0.1, 0.15) is 0 Å². The van der Waals surface area contributed by atoms with Crippen LogP contribution in [0.5, 0.6) is 0 Å². The summed E-state index contributed by atoms with van der Waals surface area (Å²) in [5.74, 6) is -0.0247. The number of nitrogens with zero attached hydrogens (tertiary/aromatic N) is 1. The molecule has 0 aromatic heterocycles. The minimum atomic E-state index is -0.0247. The molecule has 1 saturated carbocycles. The molecular formula is C17H29Cl2N3O2. The topological polar surface area (TPSA) is 53.6 Å². The summed E-state index contributed by atoms with van der Waals surface area (Å²) < 4.78 is 4.95. The van der Waals surface area contributed by atoms with Crippen LogP contribution in [0.4, 0.5) is 11.4 Å². The number of rotatable bonds is 8. The molecule has 7 heteroatoms. The number of amides is 1. The monoisotopic (exact) mass is 377 g/mol. The molecule has 0 atom stereocenters. The van der Waals surface area contributed by atoms with Crippen molar-refractivity contribution in [3.63, 3.8) is 0 Å². The first kappa shape index (κ1) is 23.0. The second-order valence-corrected chi connectivity index (χ2v) is 5.78. The predicted octanol–water partition coefficient (Wildman–Crippen LogP) is 3.08. The Morgan fingerprint density at radius 2 is 1.92 bits per heavy atom. The molecule has 1 aromatic carbocycles. The Bertz CT molecular complexity index is 483. The van der Waals surface area contributed by atoms with Gasteiger partial charge in [-0.15, -0.1) is 24.8 Å². The Balaban J connectivity index is 0.00000264. The minimum Gasteiger partial charge on any atom is -0.383 e. The van der Waals surface area contributed by atoms with Crippen LogP contribution in [0.25, 0.3) is 0 Å². The Morgan fingerprint density at radius 3 is 2.58 bits per heavy atom. The number of ether oxygens (including phenoxy) is 1. The maximum atomic E-state index is 12.0. The van der Waals surface area contributed by atoms with E-state index in [2.05, 4.69) is 28.6 Å². The molecule has 0 radical (unpaired) electrons. The average Bonchev–Trinajstić information content (AvgIpc) is 3.06. The van der Waals surface area contributed by atoms with Crippen molar-refractivity contribution in [3.05, 3.63) is 24.3 Å². The molecule has 1 aromatic rings. The van der Waals surface area contributed by atoms with E-state index < -0.39 is 0 Å². The first-order chi connectivity index (χ1) is 10.7. The van der Waals surface area contributed by atoms with Gasteiger partial charge in [-0.25, -0.2) is 0 Å². The number of nitrogens with one attached hydrogen (secondary N) is 2. The summed E-state index contributed by atoms with van der Waals surface area (Å²) in [6.45, 7) is 1.58. The molecule has 138 valence electrons. The lowest BCUT2D eigenvalue weighted by Crippen LogP contribution is -2.32. The number of para-hydroxylation sites is 2. The van der Waals surface area contributed by atoms with Gasteiger partial charge < -0.3 is 20.3 Å². The van der Waals surface area contributed by atoms with Gasteiger partial charge in [0.15, 0.2) is 0 Å². The van der Waals surface area contributed by atoms with Crippen molar-refractivity contribution in [2.24, 2.45) is 0 Å². The molecule has 1 fully saturated rings. The van der Waals surface area contributed by atoms with Gasteiger partial charge in [-0.2, -0.15) is 0 Å². The fraction of sp³-hybridized carbons (Fsp3) is 0.588. The molecule has 1 aliphatic rings. The van der Waals surface area contributed by atoms with Crippen LogP contribution in [0.15, 0.2) is 24.3 Å². The first-order valence-corrected chi connectivity index (χ1v) is 8.03. The molecule has 2 N–H and O–H groups in total. The third-order valence-corrected chi connectivity index (χ3v) is 4.20. The number of methoxy groups -OCH3 is 1. The van der Waals surface area contributed by atoms with Crippen molar-refractivity contribution in [3.8, 4) is 0 Å². The van der Waals surface area contributed by atoms with Gasteiger partial charge in [0.05, 0.1) is 24.5 Å². The van der Waals surface area contributed by atoms with Crippen molar-refractivity contribution in [1.29, 1.82) is 0 Å². The summed E-state index contributed by atoms with van der Waals surface area (Å²) in [4.78, 5) is 14.3. The Labute approximate surface area is 157 Å². The fourth-order valence-corrected chi connectivity index (χ4v) is 2.95. The highest BCUT2D eigenvalue weighted by Gasteiger charge is 2.21. The number of benzene rings is 1. The number of halogens is 2. The maximum Gasteiger partial charge on any atom is 0.238 e. The SMILES string of the molecule is COCCNCC(=O)Nc1ccccc1N(C)C1CCCC1.Cl.Cl. The van der Waals surface area contributed by atoms with Gasteiger partial charge in [0, 0.05) is 26.7 Å². The lowest BCUT2D eigenvalue weighted by Gasteiger charge is -2.28. The number of carbonyl (C=O) groups is 1. The van der Waals surface area contributed by atoms with Crippen molar-refractivity contribution < 1.29 is 9.53 Å². The zero-order chi connectivity index (χ0) is 15.8. The van der Waals surface area contributed by atoms with Crippen molar-refractivity contribution >= 4 is 42.1 Å². The molecular weight excluding hydrogens is 349 g/mol. The molecule has 24 heavy (non-hydrogen) atoms. The van der Waals surface area contributed by atoms with Gasteiger partial charge in [0.25, 0.3) is 0 Å². The van der Waals surface area contributed by atoms with Crippen LogP contribution in [-0.2, 0) is 9.53 Å². The minimum absolute atomic E-state index is 0. The molecule has 1 amide bonds. The Kier molecular flexibility index (Phi) is 11.8. The summed E-state index contributed by atoms with van der Waals surface area (Å²) in [6.07, 6.45) is 5.06. The first-order valence-electron chi connectivity index (χ1n) is 8.03. The van der Waals surface area contributed by atoms with E-state index in [9.17, 15) is 4.79 Å². The summed E-state index contributed by atoms with van der Waals surface area (Å²) in [7, 11) is 3.77. The van der Waals surface area contributed by atoms with E-state index in [1.165, 1.54) is 25.7 Å². The number of hydrogen-bond acceptors (Lipinski definition) is 4. The Morgan fingerprint density at radius 1 is 1.25 bits per heavy atom. The van der Waals surface area contributed by atoms with Crippen LogP contribution < -0.4 is 15.5 Å². The zero-order valence-corrected chi connectivity index (χ0v) is 16.0. The average molecular weight is 378 g/mol. The second-order valence-electron chi connectivity index (χ2n) is 5.78. The van der Waals surface area contributed by atoms with Crippen LogP contribution in [0.2, 0.25) is 0 Å². The fourth-order valence-electron chi connectivity index (χ4n) is 2.95. The molecule has 5 nitrogen and oxygen atoms in total. The van der Waals surface area contributed by atoms with E-state index in [1.807, 2.05) is 18.2 Å². The maximum absolute atomic E-state index is 12.0. The van der Waals surface area contributed by atoms with Crippen molar-refractivity contribution in [1.82, 2.24) is 5.32 Å². The van der Waals surface area contributed by atoms with E-state index in [0.29, 0.717) is 25.7 Å². The number of anilines is 2. The molecule has 0 bridgehead atoms. The third-order valence-electron chi connectivity index (χ3n) is 4.20. The molecule has 1 aliphatic carbocycles. The van der Waals surface area contributed by atoms with E-state index in [4.69, 9.17) is 4.74 Å². The standard InChI is InChI=1S/C17H27N3O2.2ClH/c1-20(14-7-3-4-8-14)16-10-6-5-9-15(16)19-17(21)13-18-11-12-22-2;;/h5-6,9-10,14,18H,3-4,7-8,11-13H2,1-2H3,(H,19,21);2*1H. The predicted molar refractivity (Wildman–Crippen MR) is 105 cm³/mol. The van der Waals surface area contributed by atoms with Crippen LogP contribution in [0, 0.1) is 0 Å². The van der Waals surface area contributed by atoms with Crippen molar-refractivity contribution in [2.75, 3.05) is 44.1 Å². The summed E-state index contributed by atoms with van der Waals surface area (Å²) >= 11 is 0. The number of hydrogen-bond donors (Lipinski definition) is 2. The van der Waals surface area contributed by atoms with Crippen molar-refractivity contribution in [2.45, 2.75) is 31.7 Å². The molecule has 0 saturated heterocycles. The van der Waals surface area contributed by atoms with E-state index in [-0.39, 0.29) is 30.7 Å². The molecule has 0 unspecified atom stereocenters. The Hall–Kier alpha value is -1.01. The third kappa shape index (κ3) is 6.85. The second kappa shape index (κ2) is 12.4. The molecule has 2 rings (SSSR count). The highest BCUT2D eigenvalue weighted by Crippen LogP contribution is 2.31. The summed E-state index contributed by atoms with van der Waals surface area (Å²) in [5, 5.41) is 6.07. The molecule has 0 heterocycles. The lowest BCUT2D eigenvalue weighted by atomic mass is 10.1. The normalized spacial score (nSPS) is 13.8. The van der Waals surface area contributed by atoms with Crippen LogP contribution in [-0.4, -0.2) is 45.8 Å². The van der Waals surface area contributed by atoms with Crippen LogP contribution >= 0.6 is 24.8 Å². The van der Waals surface area contributed by atoms with Crippen LogP contribution in [0.3, 0.4) is 0 Å². The van der Waals surface area contributed by atoms with E-state index >= 15 is 0 Å².